The number of aromatic nitrogens is 4. The highest BCUT2D eigenvalue weighted by atomic mass is 32.2. The number of carbonyl (C=O) groups is 3. The van der Waals surface area contributed by atoms with Crippen molar-refractivity contribution in [3.05, 3.63) is 65.2 Å². The average molecular weight is 480 g/mol. The zero-order chi connectivity index (χ0) is 24.3. The van der Waals surface area contributed by atoms with E-state index >= 15 is 0 Å². The number of hydrazine groups is 1. The van der Waals surface area contributed by atoms with Crippen molar-refractivity contribution >= 4 is 29.6 Å². The highest BCUT2D eigenvalue weighted by Gasteiger charge is 2.48. The first-order chi connectivity index (χ1) is 16.3. The average Bonchev–Trinajstić information content (AvgIpc) is 3.37. The van der Waals surface area contributed by atoms with Gasteiger partial charge in [-0.2, -0.15) is 9.69 Å². The molecular weight excluding hydrogens is 454 g/mol. The van der Waals surface area contributed by atoms with E-state index in [1.165, 1.54) is 0 Å². The van der Waals surface area contributed by atoms with Crippen LogP contribution in [0.25, 0.3) is 5.69 Å². The molecule has 0 spiro atoms. The van der Waals surface area contributed by atoms with E-state index < -0.39 is 23.4 Å². The molecule has 4 rings (SSSR count). The van der Waals surface area contributed by atoms with E-state index in [0.29, 0.717) is 18.0 Å². The number of tetrazole rings is 1. The second-order valence-corrected chi connectivity index (χ2v) is 9.25. The van der Waals surface area contributed by atoms with Crippen molar-refractivity contribution in [1.82, 2.24) is 36.0 Å². The number of rotatable bonds is 8. The lowest BCUT2D eigenvalue weighted by molar-refractivity contribution is -0.138. The minimum atomic E-state index is -1.10. The van der Waals surface area contributed by atoms with E-state index in [2.05, 4.69) is 26.3 Å². The summed E-state index contributed by atoms with van der Waals surface area (Å²) in [6, 6.07) is 14.8. The van der Waals surface area contributed by atoms with Crippen LogP contribution in [0.5, 0.6) is 0 Å². The molecule has 1 aliphatic heterocycles. The normalized spacial score (nSPS) is 17.7. The highest BCUT2D eigenvalue weighted by molar-refractivity contribution is 7.99. The summed E-state index contributed by atoms with van der Waals surface area (Å²) in [6.07, 6.45) is 1.02. The Bertz CT molecular complexity index is 1230. The van der Waals surface area contributed by atoms with Gasteiger partial charge >= 0.3 is 6.03 Å². The largest absolute Gasteiger partial charge is 0.344 e. The molecule has 0 aliphatic carbocycles. The van der Waals surface area contributed by atoms with Crippen molar-refractivity contribution in [3.63, 3.8) is 0 Å². The molecule has 2 heterocycles. The summed E-state index contributed by atoms with van der Waals surface area (Å²) < 4.78 is 1.56. The minimum absolute atomic E-state index is 0.0803. The summed E-state index contributed by atoms with van der Waals surface area (Å²) in [5.41, 5.74) is 5.30. The summed E-state index contributed by atoms with van der Waals surface area (Å²) in [5, 5.41) is 15.6. The number of hydrogen-bond donors (Lipinski definition) is 2. The number of benzene rings is 2. The van der Waals surface area contributed by atoms with Gasteiger partial charge in [0.1, 0.15) is 5.54 Å². The monoisotopic (exact) mass is 479 g/mol. The molecule has 1 saturated heterocycles. The van der Waals surface area contributed by atoms with Gasteiger partial charge in [0.15, 0.2) is 0 Å². The third-order valence-corrected chi connectivity index (χ3v) is 6.75. The van der Waals surface area contributed by atoms with Gasteiger partial charge in [0.25, 0.3) is 5.91 Å². The quantitative estimate of drug-likeness (QED) is 0.376. The summed E-state index contributed by atoms with van der Waals surface area (Å²) >= 11 is 1.11. The van der Waals surface area contributed by atoms with Crippen LogP contribution in [0.4, 0.5) is 4.79 Å². The Kier molecular flexibility index (Phi) is 6.64. The molecule has 11 heteroatoms. The third kappa shape index (κ3) is 4.79. The van der Waals surface area contributed by atoms with Gasteiger partial charge in [0, 0.05) is 0 Å². The van der Waals surface area contributed by atoms with Crippen LogP contribution in [0.2, 0.25) is 0 Å². The van der Waals surface area contributed by atoms with Crippen molar-refractivity contribution < 1.29 is 14.4 Å². The van der Waals surface area contributed by atoms with E-state index in [-0.39, 0.29) is 5.75 Å². The molecule has 1 atom stereocenters. The molecule has 1 fully saturated rings. The first kappa shape index (κ1) is 23.4. The van der Waals surface area contributed by atoms with Gasteiger partial charge in [-0.1, -0.05) is 54.2 Å². The summed E-state index contributed by atoms with van der Waals surface area (Å²) in [4.78, 5) is 37.9. The van der Waals surface area contributed by atoms with Gasteiger partial charge in [-0.3, -0.25) is 15.0 Å². The van der Waals surface area contributed by atoms with Crippen LogP contribution in [0, 0.1) is 13.8 Å². The second kappa shape index (κ2) is 9.64. The lowest BCUT2D eigenvalue weighted by atomic mass is 9.93. The fourth-order valence-corrected chi connectivity index (χ4v) is 4.34. The van der Waals surface area contributed by atoms with Crippen molar-refractivity contribution in [1.29, 1.82) is 0 Å². The number of hydrogen-bond acceptors (Lipinski definition) is 7. The Hall–Kier alpha value is -3.73. The number of nitrogens with zero attached hydrogens (tertiary/aromatic N) is 5. The Balaban J connectivity index is 1.37. The van der Waals surface area contributed by atoms with Gasteiger partial charge < -0.3 is 5.32 Å². The molecule has 1 aliphatic rings. The zero-order valence-electron chi connectivity index (χ0n) is 19.1. The fraction of sp³-hybridized carbons (Fsp3) is 0.304. The van der Waals surface area contributed by atoms with Crippen LogP contribution in [0.1, 0.15) is 30.0 Å². The van der Waals surface area contributed by atoms with Gasteiger partial charge in [-0.25, -0.2) is 4.79 Å². The summed E-state index contributed by atoms with van der Waals surface area (Å²) in [7, 11) is 0. The molecule has 4 amide bonds. The zero-order valence-corrected chi connectivity index (χ0v) is 19.9. The molecule has 3 aromatic rings. The number of aryl methyl sites for hydroxylation is 2. The number of amides is 4. The standard InChI is InChI=1S/C23H25N7O3S/c1-15-8-7-11-18(16(15)2)29-22(25-27-28-29)34-14-19(31)26-30-20(32)23(3,24-21(30)33)13-12-17-9-5-4-6-10-17/h4-11H,12-14H2,1-3H3,(H,24,33)(H,26,31). The second-order valence-electron chi connectivity index (χ2n) is 8.30. The predicted molar refractivity (Wildman–Crippen MR) is 126 cm³/mol. The van der Waals surface area contributed by atoms with Crippen LogP contribution in [-0.2, 0) is 16.0 Å². The van der Waals surface area contributed by atoms with Crippen molar-refractivity contribution in [2.45, 2.75) is 44.3 Å². The maximum absolute atomic E-state index is 12.9. The molecule has 0 saturated carbocycles. The number of carbonyl (C=O) groups excluding carboxylic acids is 3. The van der Waals surface area contributed by atoms with Crippen LogP contribution >= 0.6 is 11.8 Å². The molecule has 0 radical (unpaired) electrons. The highest BCUT2D eigenvalue weighted by Crippen LogP contribution is 2.24. The van der Waals surface area contributed by atoms with E-state index in [1.54, 1.807) is 11.6 Å². The molecule has 2 aromatic carbocycles. The van der Waals surface area contributed by atoms with Crippen molar-refractivity contribution in [2.24, 2.45) is 0 Å². The van der Waals surface area contributed by atoms with E-state index in [1.807, 2.05) is 62.4 Å². The lowest BCUT2D eigenvalue weighted by Crippen LogP contribution is -2.49. The summed E-state index contributed by atoms with van der Waals surface area (Å²) in [6.45, 7) is 5.63. The van der Waals surface area contributed by atoms with Crippen LogP contribution in [-0.4, -0.2) is 54.4 Å². The lowest BCUT2D eigenvalue weighted by Gasteiger charge is -2.21. The molecule has 34 heavy (non-hydrogen) atoms. The Morgan fingerprint density at radius 2 is 1.88 bits per heavy atom. The Morgan fingerprint density at radius 3 is 2.65 bits per heavy atom. The topological polar surface area (TPSA) is 122 Å². The summed E-state index contributed by atoms with van der Waals surface area (Å²) in [5.74, 6) is -1.09. The van der Waals surface area contributed by atoms with Gasteiger partial charge in [-0.05, 0) is 66.8 Å². The minimum Gasteiger partial charge on any atom is -0.322 e. The third-order valence-electron chi connectivity index (χ3n) is 5.83. The molecular formula is C23H25N7O3S. The first-order valence-corrected chi connectivity index (χ1v) is 11.7. The molecule has 176 valence electrons. The number of imide groups is 1. The van der Waals surface area contributed by atoms with Crippen LogP contribution in [0.15, 0.2) is 53.7 Å². The van der Waals surface area contributed by atoms with Crippen LogP contribution < -0.4 is 10.7 Å². The Labute approximate surface area is 201 Å². The van der Waals surface area contributed by atoms with E-state index in [9.17, 15) is 14.4 Å². The molecule has 2 N–H and O–H groups in total. The first-order valence-electron chi connectivity index (χ1n) is 10.8. The Morgan fingerprint density at radius 1 is 1.12 bits per heavy atom. The smallest absolute Gasteiger partial charge is 0.322 e. The maximum atomic E-state index is 12.9. The molecule has 10 nitrogen and oxygen atoms in total. The van der Waals surface area contributed by atoms with Crippen LogP contribution in [0.3, 0.4) is 0 Å². The SMILES string of the molecule is Cc1cccc(-n2nnnc2SCC(=O)NN2C(=O)NC(C)(CCc3ccccc3)C2=O)c1C. The molecule has 0 bridgehead atoms. The number of nitrogens with one attached hydrogen (secondary N) is 2. The van der Waals surface area contributed by atoms with E-state index in [4.69, 9.17) is 0 Å². The number of urea groups is 1. The van der Waals surface area contributed by atoms with E-state index in [0.717, 1.165) is 39.1 Å². The predicted octanol–water partition coefficient (Wildman–Crippen LogP) is 2.35. The van der Waals surface area contributed by atoms with Gasteiger partial charge in [0.05, 0.1) is 11.4 Å². The van der Waals surface area contributed by atoms with Crippen molar-refractivity contribution in [2.75, 3.05) is 5.75 Å². The van der Waals surface area contributed by atoms with Gasteiger partial charge in [0.2, 0.25) is 11.1 Å². The molecule has 1 unspecified atom stereocenters. The maximum Gasteiger partial charge on any atom is 0.344 e. The number of thioether (sulfide) groups is 1. The fourth-order valence-electron chi connectivity index (χ4n) is 3.67. The van der Waals surface area contributed by atoms with Gasteiger partial charge in [-0.15, -0.1) is 5.10 Å². The van der Waals surface area contributed by atoms with Crippen molar-refractivity contribution in [3.8, 4) is 5.69 Å². The molecule has 1 aromatic heterocycles.